The molecule has 1 aromatic rings. The van der Waals surface area contributed by atoms with Gasteiger partial charge < -0.3 is 5.73 Å². The van der Waals surface area contributed by atoms with Gasteiger partial charge >= 0.3 is 0 Å². The lowest BCUT2D eigenvalue weighted by atomic mass is 10.1. The van der Waals surface area contributed by atoms with E-state index in [0.717, 1.165) is 6.42 Å². The number of nitrogens with two attached hydrogens (primary N) is 1. The Kier molecular flexibility index (Phi) is 4.92. The molecule has 0 amide bonds. The van der Waals surface area contributed by atoms with Gasteiger partial charge in [0.2, 0.25) is 10.0 Å². The number of rotatable bonds is 2. The van der Waals surface area contributed by atoms with Crippen LogP contribution < -0.4 is 5.73 Å². The van der Waals surface area contributed by atoms with Gasteiger partial charge in [0.05, 0.1) is 4.47 Å². The molecule has 2 rings (SSSR count). The average Bonchev–Trinajstić information content (AvgIpc) is 2.55. The minimum Gasteiger partial charge on any atom is -0.399 e. The summed E-state index contributed by atoms with van der Waals surface area (Å²) in [4.78, 5) is -0.362. The van der Waals surface area contributed by atoms with Crippen molar-refractivity contribution in [3.8, 4) is 0 Å². The van der Waals surface area contributed by atoms with Gasteiger partial charge in [-0.05, 0) is 34.5 Å². The van der Waals surface area contributed by atoms with Gasteiger partial charge in [-0.25, -0.2) is 12.8 Å². The van der Waals surface area contributed by atoms with E-state index in [0.29, 0.717) is 18.8 Å². The maximum atomic E-state index is 14.2. The van der Waals surface area contributed by atoms with Crippen molar-refractivity contribution in [3.63, 3.8) is 0 Å². The van der Waals surface area contributed by atoms with E-state index in [4.69, 9.17) is 5.73 Å². The lowest BCUT2D eigenvalue weighted by Crippen LogP contribution is -2.34. The summed E-state index contributed by atoms with van der Waals surface area (Å²) in [5, 5.41) is 0. The minimum absolute atomic E-state index is 0.0269. The van der Waals surface area contributed by atoms with Crippen LogP contribution in [0.4, 0.5) is 10.1 Å². The van der Waals surface area contributed by atoms with Crippen LogP contribution in [0.1, 0.15) is 20.3 Å². The molecule has 0 radical (unpaired) electrons. The van der Waals surface area contributed by atoms with Crippen LogP contribution in [0, 0.1) is 5.82 Å². The summed E-state index contributed by atoms with van der Waals surface area (Å²) in [6.45, 7) is 4.94. The third-order valence-electron chi connectivity index (χ3n) is 3.43. The standard InChI is InChI=1S/C13H18BrFN2O2S2/c1-13(2)3-4-17(5-6-20-13)21(18,19)11-8-9(16)7-10(14)12(11)15/h7-8H,3-6,16H2,1-2H3. The highest BCUT2D eigenvalue weighted by atomic mass is 79.9. The molecule has 21 heavy (non-hydrogen) atoms. The largest absolute Gasteiger partial charge is 0.399 e. The van der Waals surface area contributed by atoms with E-state index in [2.05, 4.69) is 29.8 Å². The molecule has 4 nitrogen and oxygen atoms in total. The number of hydrogen-bond acceptors (Lipinski definition) is 4. The van der Waals surface area contributed by atoms with Crippen molar-refractivity contribution in [1.82, 2.24) is 4.31 Å². The summed E-state index contributed by atoms with van der Waals surface area (Å²) < 4.78 is 41.0. The van der Waals surface area contributed by atoms with Crippen LogP contribution in [0.15, 0.2) is 21.5 Å². The Morgan fingerprint density at radius 2 is 2.05 bits per heavy atom. The Balaban J connectivity index is 2.39. The summed E-state index contributed by atoms with van der Waals surface area (Å²) in [6.07, 6.45) is 0.724. The topological polar surface area (TPSA) is 63.4 Å². The second kappa shape index (κ2) is 6.06. The van der Waals surface area contributed by atoms with Crippen LogP contribution in [0.5, 0.6) is 0 Å². The van der Waals surface area contributed by atoms with E-state index in [1.807, 2.05) is 0 Å². The molecule has 1 aliphatic heterocycles. The second-order valence-corrected chi connectivity index (χ2v) is 10.1. The van der Waals surface area contributed by atoms with Crippen molar-refractivity contribution in [2.75, 3.05) is 24.6 Å². The third kappa shape index (κ3) is 3.72. The Hall–Kier alpha value is -0.310. The number of thioether (sulfide) groups is 1. The van der Waals surface area contributed by atoms with Crippen molar-refractivity contribution >= 4 is 43.4 Å². The molecule has 2 N–H and O–H groups in total. The van der Waals surface area contributed by atoms with Gasteiger partial charge in [0.25, 0.3) is 0 Å². The fourth-order valence-electron chi connectivity index (χ4n) is 2.15. The van der Waals surface area contributed by atoms with Gasteiger partial charge in [-0.3, -0.25) is 0 Å². The molecular formula is C13H18BrFN2O2S2. The molecule has 1 saturated heterocycles. The zero-order valence-electron chi connectivity index (χ0n) is 11.9. The molecule has 0 unspecified atom stereocenters. The van der Waals surface area contributed by atoms with Crippen LogP contribution in [0.3, 0.4) is 0 Å². The SMILES string of the molecule is CC1(C)CCN(S(=O)(=O)c2cc(N)cc(Br)c2F)CCS1. The van der Waals surface area contributed by atoms with Gasteiger partial charge in [0, 0.05) is 29.3 Å². The highest BCUT2D eigenvalue weighted by Crippen LogP contribution is 2.34. The quantitative estimate of drug-likeness (QED) is 0.780. The first-order valence-corrected chi connectivity index (χ1v) is 9.74. The average molecular weight is 397 g/mol. The Morgan fingerprint density at radius 1 is 1.38 bits per heavy atom. The van der Waals surface area contributed by atoms with E-state index in [1.165, 1.54) is 16.4 Å². The molecule has 0 aliphatic carbocycles. The van der Waals surface area contributed by atoms with Crippen molar-refractivity contribution < 1.29 is 12.8 Å². The first kappa shape index (κ1) is 17.1. The molecule has 118 valence electrons. The number of nitrogens with zero attached hydrogens (tertiary/aromatic N) is 1. The molecule has 0 bridgehead atoms. The molecule has 0 saturated carbocycles. The Morgan fingerprint density at radius 3 is 2.71 bits per heavy atom. The summed E-state index contributed by atoms with van der Waals surface area (Å²) in [7, 11) is -3.88. The van der Waals surface area contributed by atoms with E-state index in [9.17, 15) is 12.8 Å². The molecule has 1 aromatic carbocycles. The van der Waals surface area contributed by atoms with E-state index in [1.54, 1.807) is 11.8 Å². The zero-order chi connectivity index (χ0) is 15.8. The molecule has 1 aliphatic rings. The van der Waals surface area contributed by atoms with Crippen molar-refractivity contribution in [1.29, 1.82) is 0 Å². The zero-order valence-corrected chi connectivity index (χ0v) is 15.1. The Labute approximate surface area is 137 Å². The summed E-state index contributed by atoms with van der Waals surface area (Å²) in [5.41, 5.74) is 5.86. The van der Waals surface area contributed by atoms with Crippen molar-refractivity contribution in [2.24, 2.45) is 0 Å². The lowest BCUT2D eigenvalue weighted by Gasteiger charge is -2.22. The van der Waals surface area contributed by atoms with E-state index in [-0.39, 0.29) is 19.8 Å². The van der Waals surface area contributed by atoms with Gasteiger partial charge in [0.1, 0.15) is 4.90 Å². The predicted octanol–water partition coefficient (Wildman–Crippen LogP) is 3.08. The summed E-state index contributed by atoms with van der Waals surface area (Å²) in [6, 6.07) is 2.54. The summed E-state index contributed by atoms with van der Waals surface area (Å²) >= 11 is 4.74. The van der Waals surface area contributed by atoms with Gasteiger partial charge in [0.15, 0.2) is 5.82 Å². The monoisotopic (exact) mass is 396 g/mol. The van der Waals surface area contributed by atoms with Crippen LogP contribution in [-0.4, -0.2) is 36.3 Å². The highest BCUT2D eigenvalue weighted by molar-refractivity contribution is 9.10. The molecule has 0 atom stereocenters. The van der Waals surface area contributed by atoms with E-state index >= 15 is 0 Å². The number of sulfonamides is 1. The molecule has 1 fully saturated rings. The molecule has 1 heterocycles. The summed E-state index contributed by atoms with van der Waals surface area (Å²) in [5.74, 6) is -0.0995. The fraction of sp³-hybridized carbons (Fsp3) is 0.538. The maximum absolute atomic E-state index is 14.2. The first-order valence-electron chi connectivity index (χ1n) is 6.52. The third-order valence-corrected chi connectivity index (χ3v) is 7.28. The van der Waals surface area contributed by atoms with Crippen LogP contribution in [0.2, 0.25) is 0 Å². The maximum Gasteiger partial charge on any atom is 0.246 e. The Bertz CT molecular complexity index is 650. The first-order chi connectivity index (χ1) is 9.63. The predicted molar refractivity (Wildman–Crippen MR) is 88.4 cm³/mol. The second-order valence-electron chi connectivity index (χ2n) is 5.58. The van der Waals surface area contributed by atoms with Gasteiger partial charge in [-0.1, -0.05) is 13.8 Å². The number of benzene rings is 1. The minimum atomic E-state index is -3.88. The normalized spacial score (nSPS) is 20.2. The number of nitrogen functional groups attached to an aromatic ring is 1. The van der Waals surface area contributed by atoms with Crippen molar-refractivity contribution in [2.45, 2.75) is 29.9 Å². The highest BCUT2D eigenvalue weighted by Gasteiger charge is 2.33. The van der Waals surface area contributed by atoms with Gasteiger partial charge in [-0.2, -0.15) is 16.1 Å². The number of hydrogen-bond donors (Lipinski definition) is 1. The van der Waals surface area contributed by atoms with E-state index < -0.39 is 15.8 Å². The smallest absolute Gasteiger partial charge is 0.246 e. The molecule has 0 spiro atoms. The number of anilines is 1. The van der Waals surface area contributed by atoms with Crippen LogP contribution >= 0.6 is 27.7 Å². The molecule has 0 aromatic heterocycles. The fourth-order valence-corrected chi connectivity index (χ4v) is 5.54. The lowest BCUT2D eigenvalue weighted by molar-refractivity contribution is 0.412. The van der Waals surface area contributed by atoms with Crippen molar-refractivity contribution in [3.05, 3.63) is 22.4 Å². The van der Waals surface area contributed by atoms with Gasteiger partial charge in [-0.15, -0.1) is 0 Å². The van der Waals surface area contributed by atoms with Crippen LogP contribution in [-0.2, 0) is 10.0 Å². The van der Waals surface area contributed by atoms with Crippen LogP contribution in [0.25, 0.3) is 0 Å². The number of halogens is 2. The molecular weight excluding hydrogens is 379 g/mol. The molecule has 8 heteroatoms.